The summed E-state index contributed by atoms with van der Waals surface area (Å²) >= 11 is 0. The number of hydrogen-bond acceptors (Lipinski definition) is 5. The van der Waals surface area contributed by atoms with Gasteiger partial charge < -0.3 is 20.0 Å². The van der Waals surface area contributed by atoms with E-state index in [4.69, 9.17) is 0 Å². The van der Waals surface area contributed by atoms with Crippen LogP contribution in [0.25, 0.3) is 0 Å². The van der Waals surface area contributed by atoms with Crippen LogP contribution in [0.3, 0.4) is 0 Å². The molecule has 1 unspecified atom stereocenters. The molecule has 226 valence electrons. The van der Waals surface area contributed by atoms with Gasteiger partial charge in [0.15, 0.2) is 0 Å². The molecule has 0 bridgehead atoms. The fraction of sp³-hybridized carbons (Fsp3) is 0.375. The molecular formula is C32H41N3O6S. The fourth-order valence-corrected chi connectivity index (χ4v) is 5.84. The molecule has 0 aromatic heterocycles. The number of carbonyl (C=O) groups is 2. The van der Waals surface area contributed by atoms with Gasteiger partial charge in [-0.3, -0.25) is 9.52 Å². The van der Waals surface area contributed by atoms with Crippen LogP contribution in [0.4, 0.5) is 10.5 Å². The molecule has 0 heterocycles. The van der Waals surface area contributed by atoms with Gasteiger partial charge in [0.1, 0.15) is 5.88 Å². The van der Waals surface area contributed by atoms with Gasteiger partial charge in [0.25, 0.3) is 10.0 Å². The molecule has 0 aliphatic rings. The summed E-state index contributed by atoms with van der Waals surface area (Å²) in [6, 6.07) is 25.6. The van der Waals surface area contributed by atoms with Gasteiger partial charge in [-0.15, -0.1) is 0 Å². The largest absolute Gasteiger partial charge is 0.465 e. The van der Waals surface area contributed by atoms with Gasteiger partial charge in [-0.05, 0) is 60.9 Å². The van der Waals surface area contributed by atoms with Crippen molar-refractivity contribution in [2.45, 2.75) is 52.2 Å². The molecule has 0 radical (unpaired) electrons. The Hall–Kier alpha value is -3.89. The Morgan fingerprint density at radius 2 is 1.50 bits per heavy atom. The minimum atomic E-state index is -3.94. The highest BCUT2D eigenvalue weighted by atomic mass is 32.2. The van der Waals surface area contributed by atoms with E-state index in [1.54, 1.807) is 31.2 Å². The van der Waals surface area contributed by atoms with Crippen molar-refractivity contribution in [2.24, 2.45) is 5.92 Å². The number of amides is 2. The number of aliphatic hydroxyl groups is 1. The number of sulfonamides is 1. The Labute approximate surface area is 248 Å². The maximum absolute atomic E-state index is 13.4. The minimum absolute atomic E-state index is 0.0944. The molecule has 0 aliphatic heterocycles. The number of carbonyl (C=O) groups excluding carboxylic acids is 1. The Kier molecular flexibility index (Phi) is 12.4. The molecule has 0 spiro atoms. The SMILES string of the molecule is CC(CCN(Cc1ccccc1)C(=O)O)CC(=O)N(CCCc1ccccc1)CS(=O)(=O)Nc1cccc([C@H](C)O)c1. The van der Waals surface area contributed by atoms with Crippen LogP contribution in [0.2, 0.25) is 0 Å². The van der Waals surface area contributed by atoms with E-state index in [2.05, 4.69) is 4.72 Å². The normalized spacial score (nSPS) is 12.7. The third-order valence-electron chi connectivity index (χ3n) is 6.96. The summed E-state index contributed by atoms with van der Waals surface area (Å²) < 4.78 is 28.8. The number of nitrogens with one attached hydrogen (secondary N) is 1. The van der Waals surface area contributed by atoms with Crippen LogP contribution in [0.1, 0.15) is 55.9 Å². The Balaban J connectivity index is 1.64. The maximum Gasteiger partial charge on any atom is 0.407 e. The number of anilines is 1. The van der Waals surface area contributed by atoms with E-state index in [0.29, 0.717) is 30.5 Å². The Morgan fingerprint density at radius 1 is 0.857 bits per heavy atom. The van der Waals surface area contributed by atoms with Crippen LogP contribution < -0.4 is 4.72 Å². The van der Waals surface area contributed by atoms with Crippen molar-refractivity contribution in [2.75, 3.05) is 23.7 Å². The highest BCUT2D eigenvalue weighted by Gasteiger charge is 2.24. The highest BCUT2D eigenvalue weighted by molar-refractivity contribution is 7.92. The maximum atomic E-state index is 13.4. The molecule has 10 heteroatoms. The van der Waals surface area contributed by atoms with E-state index < -0.39 is 28.1 Å². The zero-order chi connectivity index (χ0) is 30.5. The smallest absolute Gasteiger partial charge is 0.407 e. The predicted octanol–water partition coefficient (Wildman–Crippen LogP) is 5.50. The topological polar surface area (TPSA) is 127 Å². The average Bonchev–Trinajstić information content (AvgIpc) is 2.95. The number of hydrogen-bond donors (Lipinski definition) is 3. The van der Waals surface area contributed by atoms with Gasteiger partial charge in [0.2, 0.25) is 5.91 Å². The van der Waals surface area contributed by atoms with Crippen molar-refractivity contribution in [3.05, 3.63) is 102 Å². The van der Waals surface area contributed by atoms with Gasteiger partial charge >= 0.3 is 6.09 Å². The zero-order valence-corrected chi connectivity index (χ0v) is 25.0. The van der Waals surface area contributed by atoms with Crippen LogP contribution in [-0.4, -0.2) is 59.4 Å². The lowest BCUT2D eigenvalue weighted by Crippen LogP contribution is -2.39. The van der Waals surface area contributed by atoms with Crippen molar-refractivity contribution in [1.82, 2.24) is 9.80 Å². The summed E-state index contributed by atoms with van der Waals surface area (Å²) in [6.07, 6.45) is 0.0448. The molecule has 3 N–H and O–H groups in total. The van der Waals surface area contributed by atoms with Crippen LogP contribution >= 0.6 is 0 Å². The molecule has 2 amide bonds. The van der Waals surface area contributed by atoms with E-state index in [0.717, 1.165) is 11.1 Å². The van der Waals surface area contributed by atoms with Crippen molar-refractivity contribution in [3.8, 4) is 0 Å². The van der Waals surface area contributed by atoms with Crippen LogP contribution in [-0.2, 0) is 27.8 Å². The molecule has 9 nitrogen and oxygen atoms in total. The first kappa shape index (κ1) is 32.6. The van der Waals surface area contributed by atoms with Crippen molar-refractivity contribution >= 4 is 27.7 Å². The lowest BCUT2D eigenvalue weighted by Gasteiger charge is -2.26. The molecule has 0 saturated heterocycles. The Bertz CT molecular complexity index is 1380. The summed E-state index contributed by atoms with van der Waals surface area (Å²) in [4.78, 5) is 27.9. The third-order valence-corrected chi connectivity index (χ3v) is 8.16. The second kappa shape index (κ2) is 15.9. The second-order valence-corrected chi connectivity index (χ2v) is 12.4. The molecule has 0 fully saturated rings. The van der Waals surface area contributed by atoms with E-state index in [9.17, 15) is 28.2 Å². The molecule has 3 aromatic rings. The minimum Gasteiger partial charge on any atom is -0.465 e. The fourth-order valence-electron chi connectivity index (χ4n) is 4.61. The summed E-state index contributed by atoms with van der Waals surface area (Å²) in [5.74, 6) is -0.977. The number of rotatable bonds is 16. The monoisotopic (exact) mass is 595 g/mol. The quantitative estimate of drug-likeness (QED) is 0.201. The number of benzene rings is 3. The third kappa shape index (κ3) is 11.2. The first-order valence-electron chi connectivity index (χ1n) is 14.1. The van der Waals surface area contributed by atoms with Crippen molar-refractivity contribution in [1.29, 1.82) is 0 Å². The van der Waals surface area contributed by atoms with E-state index in [1.807, 2.05) is 67.6 Å². The molecule has 3 aromatic carbocycles. The number of nitrogens with zero attached hydrogens (tertiary/aromatic N) is 2. The summed E-state index contributed by atoms with van der Waals surface area (Å²) in [5, 5.41) is 19.5. The number of aliphatic hydroxyl groups excluding tert-OH is 1. The molecule has 42 heavy (non-hydrogen) atoms. The van der Waals surface area contributed by atoms with Crippen molar-refractivity contribution < 1.29 is 28.2 Å². The first-order valence-corrected chi connectivity index (χ1v) is 15.8. The predicted molar refractivity (Wildman–Crippen MR) is 164 cm³/mol. The van der Waals surface area contributed by atoms with Crippen molar-refractivity contribution in [3.63, 3.8) is 0 Å². The lowest BCUT2D eigenvalue weighted by molar-refractivity contribution is -0.131. The molecule has 2 atom stereocenters. The summed E-state index contributed by atoms with van der Waals surface area (Å²) in [7, 11) is -3.94. The Morgan fingerprint density at radius 3 is 2.12 bits per heavy atom. The second-order valence-electron chi connectivity index (χ2n) is 10.7. The molecule has 0 aliphatic carbocycles. The lowest BCUT2D eigenvalue weighted by atomic mass is 10.0. The van der Waals surface area contributed by atoms with Gasteiger partial charge in [-0.2, -0.15) is 0 Å². The number of carboxylic acid groups (broad SMARTS) is 1. The summed E-state index contributed by atoms with van der Waals surface area (Å²) in [5.41, 5.74) is 2.86. The molecule has 3 rings (SSSR count). The van der Waals surface area contributed by atoms with Gasteiger partial charge in [0.05, 0.1) is 6.10 Å². The van der Waals surface area contributed by atoms with E-state index in [1.165, 1.54) is 9.80 Å². The van der Waals surface area contributed by atoms with Gasteiger partial charge in [-0.25, -0.2) is 13.2 Å². The van der Waals surface area contributed by atoms with Gasteiger partial charge in [0, 0.05) is 31.7 Å². The highest BCUT2D eigenvalue weighted by Crippen LogP contribution is 2.19. The van der Waals surface area contributed by atoms with Crippen LogP contribution in [0.15, 0.2) is 84.9 Å². The van der Waals surface area contributed by atoms with Crippen LogP contribution in [0, 0.1) is 5.92 Å². The number of aryl methyl sites for hydroxylation is 1. The molecule has 0 saturated carbocycles. The van der Waals surface area contributed by atoms with E-state index >= 15 is 0 Å². The van der Waals surface area contributed by atoms with E-state index in [-0.39, 0.29) is 37.9 Å². The zero-order valence-electron chi connectivity index (χ0n) is 24.2. The average molecular weight is 596 g/mol. The van der Waals surface area contributed by atoms with Crippen LogP contribution in [0.5, 0.6) is 0 Å². The summed E-state index contributed by atoms with van der Waals surface area (Å²) in [6.45, 7) is 4.23. The standard InChI is InChI=1S/C32H41N3O6S/c1-25(18-20-34(32(38)39)23-28-13-7-4-8-14-28)21-31(37)35(19-10-15-27-11-5-3-6-12-27)24-42(40,41)33-30-17-9-16-29(22-30)26(2)36/h3-9,11-14,16-17,22,25-26,33,36H,10,15,18-21,23-24H2,1-2H3,(H,38,39)/t25?,26-/m0/s1. The molecular weight excluding hydrogens is 554 g/mol. The van der Waals surface area contributed by atoms with Gasteiger partial charge in [-0.1, -0.05) is 79.7 Å². The first-order chi connectivity index (χ1) is 20.0.